The van der Waals surface area contributed by atoms with Crippen molar-refractivity contribution in [2.45, 2.75) is 26.2 Å². The van der Waals surface area contributed by atoms with Gasteiger partial charge >= 0.3 is 5.97 Å². The number of amides is 1. The van der Waals surface area contributed by atoms with E-state index in [4.69, 9.17) is 4.74 Å². The quantitative estimate of drug-likeness (QED) is 0.377. The zero-order valence-electron chi connectivity index (χ0n) is 17.9. The first-order valence-corrected chi connectivity index (χ1v) is 10.6. The molecule has 0 fully saturated rings. The normalized spacial score (nSPS) is 11.5. The number of anilines is 1. The fraction of sp³-hybridized carbons (Fsp3) is 0.200. The number of methoxy groups -OCH3 is 1. The number of hydrogen-bond donors (Lipinski definition) is 1. The van der Waals surface area contributed by atoms with Crippen molar-refractivity contribution in [1.29, 1.82) is 0 Å². The van der Waals surface area contributed by atoms with E-state index < -0.39 is 5.97 Å². The van der Waals surface area contributed by atoms with Crippen molar-refractivity contribution in [3.63, 3.8) is 0 Å². The van der Waals surface area contributed by atoms with Gasteiger partial charge in [0.2, 0.25) is 5.91 Å². The van der Waals surface area contributed by atoms with Gasteiger partial charge < -0.3 is 10.1 Å². The van der Waals surface area contributed by atoms with Gasteiger partial charge in [-0.25, -0.2) is 9.18 Å². The molecule has 1 aromatic heterocycles. The minimum absolute atomic E-state index is 0.0608. The Morgan fingerprint density at radius 1 is 1.03 bits per heavy atom. The molecule has 0 bridgehead atoms. The Kier molecular flexibility index (Phi) is 6.71. The van der Waals surface area contributed by atoms with Gasteiger partial charge in [-0.05, 0) is 40.3 Å². The molecule has 0 unspecified atom stereocenters. The number of carbonyl (C=O) groups is 2. The number of benzene rings is 2. The second kappa shape index (κ2) is 9.27. The predicted octanol–water partition coefficient (Wildman–Crippen LogP) is 6.29. The standard InChI is InChI=1S/C25H24FNO3S/c1-25(2,3)18-10-5-16(6-11-18)7-14-21(28)27-23-22(24(29)30-4)20(15-31-23)17-8-12-19(26)13-9-17/h5-15H,1-4H3,(H,27,28)/b14-7+. The molecule has 3 aromatic rings. The molecule has 31 heavy (non-hydrogen) atoms. The Balaban J connectivity index is 1.80. The minimum Gasteiger partial charge on any atom is -0.465 e. The summed E-state index contributed by atoms with van der Waals surface area (Å²) >= 11 is 1.21. The molecular weight excluding hydrogens is 413 g/mol. The van der Waals surface area contributed by atoms with E-state index in [0.29, 0.717) is 16.1 Å². The van der Waals surface area contributed by atoms with Crippen LogP contribution in [0.2, 0.25) is 0 Å². The molecule has 0 radical (unpaired) electrons. The number of carbonyl (C=O) groups excluding carboxylic acids is 2. The molecular formula is C25H24FNO3S. The van der Waals surface area contributed by atoms with Crippen LogP contribution < -0.4 is 5.32 Å². The lowest BCUT2D eigenvalue weighted by Gasteiger charge is -2.18. The summed E-state index contributed by atoms with van der Waals surface area (Å²) in [5.41, 5.74) is 3.65. The van der Waals surface area contributed by atoms with Crippen molar-refractivity contribution >= 4 is 34.3 Å². The van der Waals surface area contributed by atoms with Crippen molar-refractivity contribution < 1.29 is 18.7 Å². The maximum Gasteiger partial charge on any atom is 0.341 e. The van der Waals surface area contributed by atoms with Crippen molar-refractivity contribution in [3.05, 3.63) is 82.5 Å². The number of halogens is 1. The van der Waals surface area contributed by atoms with Crippen LogP contribution in [-0.2, 0) is 14.9 Å². The van der Waals surface area contributed by atoms with Crippen LogP contribution in [0.1, 0.15) is 42.3 Å². The van der Waals surface area contributed by atoms with E-state index in [1.165, 1.54) is 42.2 Å². The van der Waals surface area contributed by atoms with E-state index in [2.05, 4.69) is 26.1 Å². The third kappa shape index (κ3) is 5.47. The van der Waals surface area contributed by atoms with Crippen molar-refractivity contribution in [2.24, 2.45) is 0 Å². The van der Waals surface area contributed by atoms with Crippen LogP contribution in [0.3, 0.4) is 0 Å². The average molecular weight is 438 g/mol. The molecule has 1 heterocycles. The lowest BCUT2D eigenvalue weighted by atomic mass is 9.87. The highest BCUT2D eigenvalue weighted by atomic mass is 32.1. The van der Waals surface area contributed by atoms with Crippen molar-refractivity contribution in [3.8, 4) is 11.1 Å². The molecule has 0 aliphatic rings. The zero-order valence-corrected chi connectivity index (χ0v) is 18.7. The van der Waals surface area contributed by atoms with Gasteiger partial charge in [0.1, 0.15) is 16.4 Å². The van der Waals surface area contributed by atoms with E-state index in [0.717, 1.165) is 5.56 Å². The molecule has 3 rings (SSSR count). The highest BCUT2D eigenvalue weighted by Crippen LogP contribution is 2.36. The zero-order chi connectivity index (χ0) is 22.6. The number of hydrogen-bond acceptors (Lipinski definition) is 4. The van der Waals surface area contributed by atoms with Crippen LogP contribution in [0.5, 0.6) is 0 Å². The van der Waals surface area contributed by atoms with Crippen LogP contribution >= 0.6 is 11.3 Å². The Hall–Kier alpha value is -3.25. The topological polar surface area (TPSA) is 55.4 Å². The van der Waals surface area contributed by atoms with Gasteiger partial charge in [-0.2, -0.15) is 0 Å². The maximum absolute atomic E-state index is 13.3. The first kappa shape index (κ1) is 22.4. The lowest BCUT2D eigenvalue weighted by Crippen LogP contribution is -2.11. The van der Waals surface area contributed by atoms with E-state index in [9.17, 15) is 14.0 Å². The number of rotatable bonds is 5. The molecule has 1 amide bonds. The summed E-state index contributed by atoms with van der Waals surface area (Å²) in [6, 6.07) is 13.8. The Morgan fingerprint density at radius 3 is 2.26 bits per heavy atom. The van der Waals surface area contributed by atoms with E-state index >= 15 is 0 Å². The molecule has 0 saturated heterocycles. The smallest absolute Gasteiger partial charge is 0.341 e. The minimum atomic E-state index is -0.572. The summed E-state index contributed by atoms with van der Waals surface area (Å²) < 4.78 is 18.2. The number of ether oxygens (including phenoxy) is 1. The van der Waals surface area contributed by atoms with Gasteiger partial charge in [-0.1, -0.05) is 57.2 Å². The van der Waals surface area contributed by atoms with Gasteiger partial charge in [0.25, 0.3) is 0 Å². The molecule has 0 aliphatic heterocycles. The predicted molar refractivity (Wildman–Crippen MR) is 124 cm³/mol. The highest BCUT2D eigenvalue weighted by Gasteiger charge is 2.22. The molecule has 0 spiro atoms. The first-order chi connectivity index (χ1) is 14.7. The number of nitrogens with one attached hydrogen (secondary N) is 1. The van der Waals surface area contributed by atoms with E-state index in [-0.39, 0.29) is 22.7 Å². The summed E-state index contributed by atoms with van der Waals surface area (Å²) in [6.07, 6.45) is 3.14. The Labute approximate surface area is 185 Å². The van der Waals surface area contributed by atoms with E-state index in [1.807, 2.05) is 24.3 Å². The summed E-state index contributed by atoms with van der Waals surface area (Å²) in [4.78, 5) is 24.8. The summed E-state index contributed by atoms with van der Waals surface area (Å²) in [5, 5.41) is 4.87. The molecule has 0 atom stereocenters. The van der Waals surface area contributed by atoms with Crippen LogP contribution in [0.15, 0.2) is 60.0 Å². The largest absolute Gasteiger partial charge is 0.465 e. The third-order valence-corrected chi connectivity index (χ3v) is 5.67. The van der Waals surface area contributed by atoms with Crippen LogP contribution in [0.4, 0.5) is 9.39 Å². The molecule has 2 aromatic carbocycles. The molecule has 0 aliphatic carbocycles. The van der Waals surface area contributed by atoms with Crippen molar-refractivity contribution in [2.75, 3.05) is 12.4 Å². The van der Waals surface area contributed by atoms with Gasteiger partial charge in [-0.15, -0.1) is 11.3 Å². The molecule has 160 valence electrons. The van der Waals surface area contributed by atoms with Crippen molar-refractivity contribution in [1.82, 2.24) is 0 Å². The van der Waals surface area contributed by atoms with E-state index in [1.54, 1.807) is 23.6 Å². The van der Waals surface area contributed by atoms with Crippen LogP contribution in [0, 0.1) is 5.82 Å². The maximum atomic E-state index is 13.3. The molecule has 1 N–H and O–H groups in total. The Morgan fingerprint density at radius 2 is 1.68 bits per heavy atom. The van der Waals surface area contributed by atoms with Gasteiger partial charge in [0.05, 0.1) is 7.11 Å². The fourth-order valence-electron chi connectivity index (χ4n) is 3.02. The van der Waals surface area contributed by atoms with Crippen LogP contribution in [-0.4, -0.2) is 19.0 Å². The number of esters is 1. The van der Waals surface area contributed by atoms with Crippen LogP contribution in [0.25, 0.3) is 17.2 Å². The first-order valence-electron chi connectivity index (χ1n) is 9.74. The molecule has 6 heteroatoms. The summed E-state index contributed by atoms with van der Waals surface area (Å²) in [5.74, 6) is -1.30. The highest BCUT2D eigenvalue weighted by molar-refractivity contribution is 7.15. The molecule has 0 saturated carbocycles. The van der Waals surface area contributed by atoms with Gasteiger partial charge in [0.15, 0.2) is 0 Å². The SMILES string of the molecule is COC(=O)c1c(-c2ccc(F)cc2)csc1NC(=O)/C=C/c1ccc(C(C)(C)C)cc1. The Bertz CT molecular complexity index is 1110. The average Bonchev–Trinajstić information content (AvgIpc) is 3.15. The lowest BCUT2D eigenvalue weighted by molar-refractivity contribution is -0.111. The fourth-order valence-corrected chi connectivity index (χ4v) is 3.98. The second-order valence-electron chi connectivity index (χ2n) is 8.05. The van der Waals surface area contributed by atoms with Gasteiger partial charge in [-0.3, -0.25) is 4.79 Å². The molecule has 4 nitrogen and oxygen atoms in total. The third-order valence-electron chi connectivity index (χ3n) is 4.78. The number of thiophene rings is 1. The monoisotopic (exact) mass is 437 g/mol. The summed E-state index contributed by atoms with van der Waals surface area (Å²) in [6.45, 7) is 6.43. The second-order valence-corrected chi connectivity index (χ2v) is 8.93. The van der Waals surface area contributed by atoms with Gasteiger partial charge in [0, 0.05) is 17.0 Å². The summed E-state index contributed by atoms with van der Waals surface area (Å²) in [7, 11) is 1.28.